The van der Waals surface area contributed by atoms with Gasteiger partial charge in [0, 0.05) is 13.1 Å². The molecule has 0 aromatic heterocycles. The lowest BCUT2D eigenvalue weighted by Crippen LogP contribution is -2.39. The van der Waals surface area contributed by atoms with E-state index in [2.05, 4.69) is 0 Å². The second kappa shape index (κ2) is 7.96. The van der Waals surface area contributed by atoms with E-state index in [9.17, 15) is 15.0 Å². The molecule has 4 rings (SSSR count). The van der Waals surface area contributed by atoms with E-state index in [1.807, 2.05) is 54.4 Å². The number of aliphatic hydroxyl groups is 1. The van der Waals surface area contributed by atoms with Crippen LogP contribution in [0.5, 0.6) is 5.75 Å². The summed E-state index contributed by atoms with van der Waals surface area (Å²) < 4.78 is 0. The fourth-order valence-electron chi connectivity index (χ4n) is 5.20. The zero-order chi connectivity index (χ0) is 19.7. The molecule has 28 heavy (non-hydrogen) atoms. The van der Waals surface area contributed by atoms with Crippen molar-refractivity contribution in [2.75, 3.05) is 7.05 Å². The summed E-state index contributed by atoms with van der Waals surface area (Å²) in [5.41, 5.74) is 2.07. The molecule has 0 heterocycles. The van der Waals surface area contributed by atoms with Gasteiger partial charge in [0.2, 0.25) is 5.91 Å². The zero-order valence-corrected chi connectivity index (χ0v) is 16.4. The number of carbonyl (C=O) groups is 1. The van der Waals surface area contributed by atoms with Gasteiger partial charge >= 0.3 is 0 Å². The van der Waals surface area contributed by atoms with Crippen molar-refractivity contribution in [3.63, 3.8) is 0 Å². The largest absolute Gasteiger partial charge is 0.508 e. The van der Waals surface area contributed by atoms with E-state index in [1.165, 1.54) is 0 Å². The first-order valence-corrected chi connectivity index (χ1v) is 10.3. The average Bonchev–Trinajstić information content (AvgIpc) is 3.24. The lowest BCUT2D eigenvalue weighted by Gasteiger charge is -2.30. The Kier molecular flexibility index (Phi) is 5.40. The van der Waals surface area contributed by atoms with Crippen LogP contribution in [0.3, 0.4) is 0 Å². The second-order valence-electron chi connectivity index (χ2n) is 8.55. The molecule has 0 radical (unpaired) electrons. The maximum Gasteiger partial charge on any atom is 0.230 e. The minimum Gasteiger partial charge on any atom is -0.508 e. The number of aliphatic hydroxyl groups excluding tert-OH is 1. The normalized spacial score (nSPS) is 27.4. The Morgan fingerprint density at radius 1 is 1.00 bits per heavy atom. The molecule has 2 N–H and O–H groups in total. The van der Waals surface area contributed by atoms with Gasteiger partial charge in [-0.2, -0.15) is 0 Å². The molecule has 0 aliphatic heterocycles. The van der Waals surface area contributed by atoms with E-state index in [1.54, 1.807) is 12.1 Å². The van der Waals surface area contributed by atoms with Crippen LogP contribution in [0.2, 0.25) is 0 Å². The Morgan fingerprint density at radius 2 is 1.61 bits per heavy atom. The second-order valence-corrected chi connectivity index (χ2v) is 8.55. The number of amides is 1. The zero-order valence-electron chi connectivity index (χ0n) is 16.4. The van der Waals surface area contributed by atoms with Crippen LogP contribution < -0.4 is 0 Å². The SMILES string of the molecule is CN(C(=O)C(Cc1ccc(O)cc1)c1ccccc1)C1C[C@H]2CC(O)C[C@H]2C1. The summed E-state index contributed by atoms with van der Waals surface area (Å²) in [6.45, 7) is 0. The summed E-state index contributed by atoms with van der Waals surface area (Å²) >= 11 is 0. The van der Waals surface area contributed by atoms with Crippen LogP contribution in [0.1, 0.15) is 42.7 Å². The fraction of sp³-hybridized carbons (Fsp3) is 0.458. The Balaban J connectivity index is 1.52. The van der Waals surface area contributed by atoms with Crippen molar-refractivity contribution >= 4 is 5.91 Å². The summed E-state index contributed by atoms with van der Waals surface area (Å²) in [7, 11) is 1.94. The van der Waals surface area contributed by atoms with Crippen molar-refractivity contribution in [1.29, 1.82) is 0 Å². The van der Waals surface area contributed by atoms with Crippen molar-refractivity contribution in [1.82, 2.24) is 4.90 Å². The lowest BCUT2D eigenvalue weighted by atomic mass is 9.90. The Labute approximate surface area is 166 Å². The Bertz CT molecular complexity index is 790. The maximum atomic E-state index is 13.5. The number of phenolic OH excluding ortho intramolecular Hbond substituents is 1. The van der Waals surface area contributed by atoms with Crippen LogP contribution in [0.25, 0.3) is 0 Å². The van der Waals surface area contributed by atoms with Gasteiger partial charge in [-0.3, -0.25) is 4.79 Å². The molecule has 2 aliphatic rings. The van der Waals surface area contributed by atoms with Gasteiger partial charge in [-0.05, 0) is 67.2 Å². The molecule has 5 atom stereocenters. The van der Waals surface area contributed by atoms with Gasteiger partial charge in [-0.25, -0.2) is 0 Å². The molecule has 4 nitrogen and oxygen atoms in total. The summed E-state index contributed by atoms with van der Waals surface area (Å²) in [6, 6.07) is 17.4. The standard InChI is InChI=1S/C24H29NO3/c1-25(20-12-18-14-22(27)15-19(18)13-20)24(28)23(17-5-3-2-4-6-17)11-16-7-9-21(26)10-8-16/h2-10,18-20,22-23,26-27H,11-15H2,1H3/t18-,19+,20?,22?,23?. The van der Waals surface area contributed by atoms with Crippen LogP contribution in [0.4, 0.5) is 0 Å². The van der Waals surface area contributed by atoms with Gasteiger partial charge in [-0.1, -0.05) is 42.5 Å². The molecular formula is C24H29NO3. The van der Waals surface area contributed by atoms with Crippen molar-refractivity contribution < 1.29 is 15.0 Å². The third-order valence-electron chi connectivity index (χ3n) is 6.74. The van der Waals surface area contributed by atoms with Gasteiger partial charge in [-0.15, -0.1) is 0 Å². The van der Waals surface area contributed by atoms with Crippen molar-refractivity contribution in [2.45, 2.75) is 50.2 Å². The van der Waals surface area contributed by atoms with Crippen LogP contribution in [-0.2, 0) is 11.2 Å². The average molecular weight is 380 g/mol. The number of hydrogen-bond donors (Lipinski definition) is 2. The fourth-order valence-corrected chi connectivity index (χ4v) is 5.20. The third-order valence-corrected chi connectivity index (χ3v) is 6.74. The molecule has 2 aliphatic carbocycles. The van der Waals surface area contributed by atoms with Gasteiger partial charge in [0.05, 0.1) is 12.0 Å². The number of hydrogen-bond acceptors (Lipinski definition) is 3. The number of nitrogens with zero attached hydrogens (tertiary/aromatic N) is 1. The van der Waals surface area contributed by atoms with Crippen LogP contribution in [0, 0.1) is 11.8 Å². The van der Waals surface area contributed by atoms with Crippen LogP contribution in [0.15, 0.2) is 54.6 Å². The highest BCUT2D eigenvalue weighted by Gasteiger charge is 2.43. The van der Waals surface area contributed by atoms with Gasteiger partial charge < -0.3 is 15.1 Å². The van der Waals surface area contributed by atoms with E-state index in [4.69, 9.17) is 0 Å². The summed E-state index contributed by atoms with van der Waals surface area (Å²) in [5, 5.41) is 19.4. The van der Waals surface area contributed by atoms with Gasteiger partial charge in [0.25, 0.3) is 0 Å². The van der Waals surface area contributed by atoms with E-state index < -0.39 is 0 Å². The number of rotatable bonds is 5. The quantitative estimate of drug-likeness (QED) is 0.832. The first-order valence-electron chi connectivity index (χ1n) is 10.3. The molecule has 0 spiro atoms. The smallest absolute Gasteiger partial charge is 0.230 e. The molecule has 1 amide bonds. The van der Waals surface area contributed by atoms with Crippen molar-refractivity contribution in [3.05, 3.63) is 65.7 Å². The third kappa shape index (κ3) is 3.93. The number of phenols is 1. The van der Waals surface area contributed by atoms with E-state index in [0.29, 0.717) is 18.3 Å². The summed E-state index contributed by atoms with van der Waals surface area (Å²) in [4.78, 5) is 15.5. The van der Waals surface area contributed by atoms with Gasteiger partial charge in [0.15, 0.2) is 0 Å². The van der Waals surface area contributed by atoms with Crippen molar-refractivity contribution in [2.24, 2.45) is 11.8 Å². The van der Waals surface area contributed by atoms with E-state index >= 15 is 0 Å². The summed E-state index contributed by atoms with van der Waals surface area (Å²) in [6.07, 6.45) is 4.25. The molecular weight excluding hydrogens is 350 g/mol. The Hall–Kier alpha value is -2.33. The predicted octanol–water partition coefficient (Wildman–Crippen LogP) is 3.73. The molecule has 2 fully saturated rings. The first kappa shape index (κ1) is 19.0. The number of benzene rings is 2. The highest BCUT2D eigenvalue weighted by molar-refractivity contribution is 5.84. The van der Waals surface area contributed by atoms with Crippen molar-refractivity contribution in [3.8, 4) is 5.75 Å². The van der Waals surface area contributed by atoms with Crippen LogP contribution >= 0.6 is 0 Å². The molecule has 2 aromatic rings. The molecule has 148 valence electrons. The number of likely N-dealkylation sites (N-methyl/N-ethyl adjacent to an activating group) is 1. The van der Waals surface area contributed by atoms with Crippen LogP contribution in [-0.4, -0.2) is 40.2 Å². The monoisotopic (exact) mass is 379 g/mol. The topological polar surface area (TPSA) is 60.8 Å². The molecule has 0 bridgehead atoms. The van der Waals surface area contributed by atoms with Gasteiger partial charge in [0.1, 0.15) is 5.75 Å². The van der Waals surface area contributed by atoms with E-state index in [-0.39, 0.29) is 29.7 Å². The lowest BCUT2D eigenvalue weighted by molar-refractivity contribution is -0.133. The molecule has 2 saturated carbocycles. The highest BCUT2D eigenvalue weighted by atomic mass is 16.3. The minimum atomic E-state index is -0.234. The minimum absolute atomic E-state index is 0.150. The Morgan fingerprint density at radius 3 is 2.21 bits per heavy atom. The highest BCUT2D eigenvalue weighted by Crippen LogP contribution is 2.45. The molecule has 2 aromatic carbocycles. The number of carbonyl (C=O) groups excluding carboxylic acids is 1. The maximum absolute atomic E-state index is 13.5. The molecule has 3 unspecified atom stereocenters. The predicted molar refractivity (Wildman–Crippen MR) is 109 cm³/mol. The molecule has 4 heteroatoms. The number of aromatic hydroxyl groups is 1. The van der Waals surface area contributed by atoms with E-state index in [0.717, 1.165) is 36.8 Å². The summed E-state index contributed by atoms with van der Waals surface area (Å²) in [5.74, 6) is 1.28. The number of fused-ring (bicyclic) bond motifs is 1. The molecule has 0 saturated heterocycles. The first-order chi connectivity index (χ1) is 13.5.